The van der Waals surface area contributed by atoms with E-state index in [0.29, 0.717) is 0 Å². The molecule has 8 aromatic carbocycles. The predicted molar refractivity (Wildman–Crippen MR) is 203 cm³/mol. The van der Waals surface area contributed by atoms with Gasteiger partial charge >= 0.3 is 0 Å². The van der Waals surface area contributed by atoms with E-state index in [1.165, 1.54) is 88.0 Å². The van der Waals surface area contributed by atoms with Crippen LogP contribution in [0.2, 0.25) is 0 Å². The summed E-state index contributed by atoms with van der Waals surface area (Å²) in [5, 5.41) is 7.52. The summed E-state index contributed by atoms with van der Waals surface area (Å²) in [6, 6.07) is 66.2. The Morgan fingerprint density at radius 1 is 0.271 bits per heavy atom. The Hall–Kier alpha value is -6.38. The smallest absolute Gasteiger partial charge is 0.0541 e. The van der Waals surface area contributed by atoms with Gasteiger partial charge in [0.2, 0.25) is 0 Å². The second-order valence-corrected chi connectivity index (χ2v) is 12.6. The molecular weight excluding hydrogens is 581 g/mol. The van der Waals surface area contributed by atoms with Gasteiger partial charge in [0, 0.05) is 32.6 Å². The second kappa shape index (κ2) is 10.6. The largest absolute Gasteiger partial charge is 0.309 e. The van der Waals surface area contributed by atoms with E-state index in [1.54, 1.807) is 0 Å². The highest BCUT2D eigenvalue weighted by atomic mass is 15.0. The Morgan fingerprint density at radius 2 is 0.792 bits per heavy atom. The molecule has 0 aliphatic rings. The molecule has 2 aromatic heterocycles. The van der Waals surface area contributed by atoms with Gasteiger partial charge in [-0.15, -0.1) is 0 Å². The minimum atomic E-state index is 1.18. The first-order valence-electron chi connectivity index (χ1n) is 16.5. The summed E-state index contributed by atoms with van der Waals surface area (Å²) < 4.78 is 4.81. The molecule has 0 fully saturated rings. The fourth-order valence-electron chi connectivity index (χ4n) is 7.69. The van der Waals surface area contributed by atoms with Crippen LogP contribution < -0.4 is 0 Å². The van der Waals surface area contributed by atoms with Gasteiger partial charge in [-0.25, -0.2) is 0 Å². The van der Waals surface area contributed by atoms with Gasteiger partial charge in [-0.05, 0) is 88.3 Å². The highest BCUT2D eigenvalue weighted by Gasteiger charge is 2.17. The summed E-state index contributed by atoms with van der Waals surface area (Å²) in [6.45, 7) is 0. The number of hydrogen-bond donors (Lipinski definition) is 0. The van der Waals surface area contributed by atoms with E-state index in [4.69, 9.17) is 0 Å². The van der Waals surface area contributed by atoms with Crippen molar-refractivity contribution in [3.05, 3.63) is 182 Å². The number of para-hydroxylation sites is 3. The van der Waals surface area contributed by atoms with Gasteiger partial charge in [0.25, 0.3) is 0 Å². The van der Waals surface area contributed by atoms with Crippen LogP contribution in [0.4, 0.5) is 0 Å². The SMILES string of the molecule is c1ccc(-c2ccc3c(-n4c5ccccc5c5cc(-c6ccc7c(c6)c6ccccc6n7-c6ccccc6)ccc54)cccc3c2)cc1. The van der Waals surface area contributed by atoms with Gasteiger partial charge in [-0.1, -0.05) is 121 Å². The zero-order valence-electron chi connectivity index (χ0n) is 26.2. The second-order valence-electron chi connectivity index (χ2n) is 12.6. The minimum Gasteiger partial charge on any atom is -0.309 e. The summed E-state index contributed by atoms with van der Waals surface area (Å²) in [4.78, 5) is 0. The average Bonchev–Trinajstić information content (AvgIpc) is 3.67. The topological polar surface area (TPSA) is 9.86 Å². The first kappa shape index (κ1) is 26.8. The molecule has 0 bridgehead atoms. The zero-order valence-corrected chi connectivity index (χ0v) is 26.2. The number of nitrogens with zero attached hydrogens (tertiary/aromatic N) is 2. The third kappa shape index (κ3) is 4.06. The summed E-state index contributed by atoms with van der Waals surface area (Å²) in [7, 11) is 0. The molecule has 0 N–H and O–H groups in total. The lowest BCUT2D eigenvalue weighted by atomic mass is 10.00. The van der Waals surface area contributed by atoms with Gasteiger partial charge in [0.05, 0.1) is 27.8 Å². The van der Waals surface area contributed by atoms with Crippen LogP contribution in [0, 0.1) is 0 Å². The van der Waals surface area contributed by atoms with Crippen LogP contribution in [0.3, 0.4) is 0 Å². The van der Waals surface area contributed by atoms with Gasteiger partial charge in [0.15, 0.2) is 0 Å². The molecule has 224 valence electrons. The molecule has 0 amide bonds. The Bertz CT molecular complexity index is 2820. The number of rotatable bonds is 4. The fraction of sp³-hybridized carbons (Fsp3) is 0. The summed E-state index contributed by atoms with van der Waals surface area (Å²) in [6.07, 6.45) is 0. The summed E-state index contributed by atoms with van der Waals surface area (Å²) >= 11 is 0. The van der Waals surface area contributed by atoms with Crippen molar-refractivity contribution in [2.45, 2.75) is 0 Å². The maximum atomic E-state index is 2.44. The van der Waals surface area contributed by atoms with Crippen LogP contribution in [0.15, 0.2) is 182 Å². The Balaban J connectivity index is 1.15. The van der Waals surface area contributed by atoms with E-state index in [2.05, 4.69) is 191 Å². The maximum Gasteiger partial charge on any atom is 0.0541 e. The highest BCUT2D eigenvalue weighted by molar-refractivity contribution is 6.13. The molecule has 0 saturated carbocycles. The van der Waals surface area contributed by atoms with E-state index in [9.17, 15) is 0 Å². The van der Waals surface area contributed by atoms with Crippen LogP contribution >= 0.6 is 0 Å². The molecule has 2 nitrogen and oxygen atoms in total. The van der Waals surface area contributed by atoms with E-state index < -0.39 is 0 Å². The number of fused-ring (bicyclic) bond motifs is 7. The lowest BCUT2D eigenvalue weighted by Gasteiger charge is -2.13. The molecule has 0 spiro atoms. The molecule has 10 aromatic rings. The lowest BCUT2D eigenvalue weighted by Crippen LogP contribution is -1.95. The van der Waals surface area contributed by atoms with Gasteiger partial charge in [-0.3, -0.25) is 0 Å². The first-order valence-corrected chi connectivity index (χ1v) is 16.5. The van der Waals surface area contributed by atoms with E-state index in [-0.39, 0.29) is 0 Å². The predicted octanol–water partition coefficient (Wildman–Crippen LogP) is 12.4. The molecule has 0 unspecified atom stereocenters. The summed E-state index contributed by atoms with van der Waals surface area (Å²) in [5.41, 5.74) is 12.1. The molecule has 0 aliphatic heterocycles. The van der Waals surface area contributed by atoms with Gasteiger partial charge in [-0.2, -0.15) is 0 Å². The number of aromatic nitrogens is 2. The van der Waals surface area contributed by atoms with Crippen molar-refractivity contribution >= 4 is 54.4 Å². The number of hydrogen-bond acceptors (Lipinski definition) is 0. The molecule has 2 heterocycles. The third-order valence-corrected chi connectivity index (χ3v) is 9.90. The number of benzene rings is 8. The average molecular weight is 611 g/mol. The van der Waals surface area contributed by atoms with Crippen molar-refractivity contribution < 1.29 is 0 Å². The van der Waals surface area contributed by atoms with Crippen LogP contribution in [0.5, 0.6) is 0 Å². The molecule has 2 heteroatoms. The molecule has 10 rings (SSSR count). The van der Waals surface area contributed by atoms with Crippen LogP contribution in [-0.2, 0) is 0 Å². The van der Waals surface area contributed by atoms with Crippen molar-refractivity contribution in [2.75, 3.05) is 0 Å². The Kier molecular flexibility index (Phi) is 5.91. The zero-order chi connectivity index (χ0) is 31.6. The van der Waals surface area contributed by atoms with Crippen molar-refractivity contribution in [1.82, 2.24) is 9.13 Å². The van der Waals surface area contributed by atoms with Gasteiger partial charge < -0.3 is 9.13 Å². The van der Waals surface area contributed by atoms with Crippen LogP contribution in [0.25, 0.3) is 88.0 Å². The van der Waals surface area contributed by atoms with Crippen LogP contribution in [-0.4, -0.2) is 9.13 Å². The molecule has 0 atom stereocenters. The molecular formula is C46H30N2. The Morgan fingerprint density at radius 3 is 1.48 bits per heavy atom. The lowest BCUT2D eigenvalue weighted by molar-refractivity contribution is 1.18. The van der Waals surface area contributed by atoms with E-state index in [1.807, 2.05) is 0 Å². The maximum absolute atomic E-state index is 2.44. The van der Waals surface area contributed by atoms with E-state index in [0.717, 1.165) is 0 Å². The molecule has 48 heavy (non-hydrogen) atoms. The van der Waals surface area contributed by atoms with Crippen molar-refractivity contribution in [1.29, 1.82) is 0 Å². The minimum absolute atomic E-state index is 1.18. The standard InChI is InChI=1S/C46H30N2/c1-3-12-31(13-4-1)32-22-25-37-35(28-32)14-11-21-42(37)48-44-20-10-8-18-39(44)41-30-34(24-27-46(41)48)33-23-26-45-40(29-33)38-17-7-9-19-43(38)47(45)36-15-5-2-6-16-36/h1-30H. The first-order chi connectivity index (χ1) is 23.8. The van der Waals surface area contributed by atoms with Crippen molar-refractivity contribution in [3.63, 3.8) is 0 Å². The monoisotopic (exact) mass is 610 g/mol. The summed E-state index contributed by atoms with van der Waals surface area (Å²) in [5.74, 6) is 0. The molecule has 0 aliphatic carbocycles. The Labute approximate surface area is 278 Å². The quantitative estimate of drug-likeness (QED) is 0.188. The normalized spacial score (nSPS) is 11.8. The van der Waals surface area contributed by atoms with Crippen molar-refractivity contribution in [2.24, 2.45) is 0 Å². The van der Waals surface area contributed by atoms with Crippen LogP contribution in [0.1, 0.15) is 0 Å². The third-order valence-electron chi connectivity index (χ3n) is 9.90. The van der Waals surface area contributed by atoms with E-state index >= 15 is 0 Å². The van der Waals surface area contributed by atoms with Crippen molar-refractivity contribution in [3.8, 4) is 33.6 Å². The fourth-order valence-corrected chi connectivity index (χ4v) is 7.69. The highest BCUT2D eigenvalue weighted by Crippen LogP contribution is 2.39. The molecule has 0 saturated heterocycles. The van der Waals surface area contributed by atoms with Gasteiger partial charge in [0.1, 0.15) is 0 Å². The molecule has 0 radical (unpaired) electrons.